The minimum absolute atomic E-state index is 0.00794. The maximum absolute atomic E-state index is 11.8. The molecule has 0 fully saturated rings. The highest BCUT2D eigenvalue weighted by Gasteiger charge is 2.12. The first-order valence-corrected chi connectivity index (χ1v) is 5.87. The second-order valence-electron chi connectivity index (χ2n) is 4.59. The lowest BCUT2D eigenvalue weighted by atomic mass is 10.1. The molecule has 0 radical (unpaired) electrons. The fourth-order valence-corrected chi connectivity index (χ4v) is 1.43. The van der Waals surface area contributed by atoms with E-state index in [4.69, 9.17) is 5.11 Å². The molecule has 1 aromatic heterocycles. The topological polar surface area (TPSA) is 70.5 Å². The van der Waals surface area contributed by atoms with Crippen LogP contribution in [0, 0.1) is 5.92 Å². The van der Waals surface area contributed by atoms with Crippen LogP contribution in [0.5, 0.6) is 0 Å². The van der Waals surface area contributed by atoms with Gasteiger partial charge in [-0.25, -0.2) is 9.78 Å². The predicted octanol–water partition coefficient (Wildman–Crippen LogP) is 2.18. The van der Waals surface area contributed by atoms with Crippen molar-refractivity contribution in [2.24, 2.45) is 5.92 Å². The molecule has 98 valence electrons. The average molecular weight is 250 g/mol. The van der Waals surface area contributed by atoms with Crippen LogP contribution in [0.15, 0.2) is 18.3 Å². The Bertz CT molecular complexity index is 426. The molecule has 5 heteroatoms. The summed E-state index contributed by atoms with van der Waals surface area (Å²) in [5, 5.41) is 8.73. The van der Waals surface area contributed by atoms with Gasteiger partial charge in [-0.15, -0.1) is 0 Å². The van der Waals surface area contributed by atoms with Crippen molar-refractivity contribution in [3.05, 3.63) is 24.0 Å². The number of carboxylic acid groups (broad SMARTS) is 1. The molecule has 0 saturated carbocycles. The van der Waals surface area contributed by atoms with Gasteiger partial charge in [-0.3, -0.25) is 4.79 Å². The van der Waals surface area contributed by atoms with Crippen molar-refractivity contribution < 1.29 is 14.7 Å². The summed E-state index contributed by atoms with van der Waals surface area (Å²) < 4.78 is 0. The lowest BCUT2D eigenvalue weighted by Gasteiger charge is -2.17. The van der Waals surface area contributed by atoms with E-state index in [0.717, 1.165) is 6.42 Å². The van der Waals surface area contributed by atoms with E-state index < -0.39 is 5.97 Å². The molecule has 0 atom stereocenters. The van der Waals surface area contributed by atoms with Crippen molar-refractivity contribution in [2.75, 3.05) is 11.9 Å². The van der Waals surface area contributed by atoms with E-state index in [2.05, 4.69) is 18.8 Å². The molecule has 1 heterocycles. The van der Waals surface area contributed by atoms with Gasteiger partial charge in [-0.1, -0.05) is 13.8 Å². The number of pyridine rings is 1. The van der Waals surface area contributed by atoms with Crippen LogP contribution in [0.3, 0.4) is 0 Å². The third-order valence-corrected chi connectivity index (χ3v) is 2.66. The van der Waals surface area contributed by atoms with E-state index in [9.17, 15) is 9.59 Å². The number of rotatable bonds is 5. The number of aromatic carboxylic acids is 1. The fourth-order valence-electron chi connectivity index (χ4n) is 1.43. The molecule has 1 amide bonds. The molecule has 18 heavy (non-hydrogen) atoms. The zero-order chi connectivity index (χ0) is 13.7. The van der Waals surface area contributed by atoms with E-state index in [1.165, 1.54) is 17.2 Å². The van der Waals surface area contributed by atoms with Crippen LogP contribution in [-0.2, 0) is 4.79 Å². The Morgan fingerprint density at radius 1 is 1.39 bits per heavy atom. The number of amides is 1. The highest BCUT2D eigenvalue weighted by Crippen LogP contribution is 2.14. The summed E-state index contributed by atoms with van der Waals surface area (Å²) in [4.78, 5) is 27.8. The van der Waals surface area contributed by atoms with E-state index in [0.29, 0.717) is 18.0 Å². The maximum Gasteiger partial charge on any atom is 0.354 e. The molecular weight excluding hydrogens is 232 g/mol. The van der Waals surface area contributed by atoms with E-state index in [1.54, 1.807) is 13.1 Å². The Balaban J connectivity index is 2.68. The van der Waals surface area contributed by atoms with Gasteiger partial charge in [0.1, 0.15) is 5.69 Å². The third kappa shape index (κ3) is 3.84. The molecular formula is C13H18N2O3. The second-order valence-corrected chi connectivity index (χ2v) is 4.59. The normalized spacial score (nSPS) is 10.4. The molecule has 0 bridgehead atoms. The van der Waals surface area contributed by atoms with Gasteiger partial charge in [0, 0.05) is 13.5 Å². The van der Waals surface area contributed by atoms with Crippen LogP contribution in [0.25, 0.3) is 0 Å². The van der Waals surface area contributed by atoms with Crippen LogP contribution >= 0.6 is 0 Å². The largest absolute Gasteiger partial charge is 0.477 e. The Hall–Kier alpha value is -1.91. The van der Waals surface area contributed by atoms with Gasteiger partial charge in [0.2, 0.25) is 5.91 Å². The number of anilines is 1. The zero-order valence-corrected chi connectivity index (χ0v) is 10.9. The van der Waals surface area contributed by atoms with Crippen molar-refractivity contribution >= 4 is 17.6 Å². The summed E-state index contributed by atoms with van der Waals surface area (Å²) in [6.07, 6.45) is 2.72. The summed E-state index contributed by atoms with van der Waals surface area (Å²) >= 11 is 0. The molecule has 0 aliphatic rings. The minimum atomic E-state index is -1.07. The number of carboxylic acids is 1. The standard InChI is InChI=1S/C13H18N2O3/c1-9(2)4-7-12(16)15(3)10-5-6-11(13(17)18)14-8-10/h5-6,8-9H,4,7H2,1-3H3,(H,17,18). The zero-order valence-electron chi connectivity index (χ0n) is 10.9. The monoisotopic (exact) mass is 250 g/mol. The molecule has 0 spiro atoms. The van der Waals surface area contributed by atoms with Crippen LogP contribution in [0.1, 0.15) is 37.2 Å². The van der Waals surface area contributed by atoms with Gasteiger partial charge < -0.3 is 10.0 Å². The minimum Gasteiger partial charge on any atom is -0.477 e. The summed E-state index contributed by atoms with van der Waals surface area (Å²) in [7, 11) is 1.67. The predicted molar refractivity (Wildman–Crippen MR) is 68.7 cm³/mol. The fraction of sp³-hybridized carbons (Fsp3) is 0.462. The van der Waals surface area contributed by atoms with Gasteiger partial charge in [-0.2, -0.15) is 0 Å². The SMILES string of the molecule is CC(C)CCC(=O)N(C)c1ccc(C(=O)O)nc1. The highest BCUT2D eigenvalue weighted by molar-refractivity contribution is 5.93. The highest BCUT2D eigenvalue weighted by atomic mass is 16.4. The lowest BCUT2D eigenvalue weighted by molar-refractivity contribution is -0.118. The third-order valence-electron chi connectivity index (χ3n) is 2.66. The second kappa shape index (κ2) is 6.14. The molecule has 0 aliphatic heterocycles. The van der Waals surface area contributed by atoms with Gasteiger partial charge in [0.25, 0.3) is 0 Å². The Labute approximate surface area is 106 Å². The molecule has 1 rings (SSSR count). The first-order chi connectivity index (χ1) is 8.41. The summed E-state index contributed by atoms with van der Waals surface area (Å²) in [6.45, 7) is 4.13. The Morgan fingerprint density at radius 2 is 2.06 bits per heavy atom. The Morgan fingerprint density at radius 3 is 2.50 bits per heavy atom. The number of hydrogen-bond acceptors (Lipinski definition) is 3. The molecule has 0 aliphatic carbocycles. The molecule has 1 aromatic rings. The van der Waals surface area contributed by atoms with Gasteiger partial charge in [0.05, 0.1) is 11.9 Å². The van der Waals surface area contributed by atoms with Crippen molar-refractivity contribution in [3.8, 4) is 0 Å². The van der Waals surface area contributed by atoms with E-state index >= 15 is 0 Å². The van der Waals surface area contributed by atoms with Crippen molar-refractivity contribution in [2.45, 2.75) is 26.7 Å². The van der Waals surface area contributed by atoms with E-state index in [-0.39, 0.29) is 11.6 Å². The Kier molecular flexibility index (Phi) is 4.83. The number of carbonyl (C=O) groups excluding carboxylic acids is 1. The number of nitrogens with zero attached hydrogens (tertiary/aromatic N) is 2. The summed E-state index contributed by atoms with van der Waals surface area (Å²) in [5.41, 5.74) is 0.579. The number of hydrogen-bond donors (Lipinski definition) is 1. The smallest absolute Gasteiger partial charge is 0.354 e. The van der Waals surface area contributed by atoms with Gasteiger partial charge >= 0.3 is 5.97 Å². The van der Waals surface area contributed by atoms with Crippen LogP contribution in [0.2, 0.25) is 0 Å². The van der Waals surface area contributed by atoms with Crippen LogP contribution in [-0.4, -0.2) is 29.0 Å². The molecule has 0 saturated heterocycles. The van der Waals surface area contributed by atoms with Crippen molar-refractivity contribution in [3.63, 3.8) is 0 Å². The average Bonchev–Trinajstić information content (AvgIpc) is 2.35. The first kappa shape index (κ1) is 14.2. The summed E-state index contributed by atoms with van der Waals surface area (Å²) in [5.74, 6) is -0.584. The summed E-state index contributed by atoms with van der Waals surface area (Å²) in [6, 6.07) is 2.98. The van der Waals surface area contributed by atoms with Crippen LogP contribution < -0.4 is 4.90 Å². The van der Waals surface area contributed by atoms with Crippen LogP contribution in [0.4, 0.5) is 5.69 Å². The van der Waals surface area contributed by atoms with Gasteiger partial charge in [-0.05, 0) is 24.5 Å². The number of aromatic nitrogens is 1. The van der Waals surface area contributed by atoms with E-state index in [1.807, 2.05) is 0 Å². The molecule has 0 aromatic carbocycles. The quantitative estimate of drug-likeness (QED) is 0.869. The molecule has 0 unspecified atom stereocenters. The first-order valence-electron chi connectivity index (χ1n) is 5.87. The number of carbonyl (C=O) groups is 2. The van der Waals surface area contributed by atoms with Gasteiger partial charge in [0.15, 0.2) is 0 Å². The van der Waals surface area contributed by atoms with Crippen molar-refractivity contribution in [1.29, 1.82) is 0 Å². The molecule has 1 N–H and O–H groups in total. The molecule has 5 nitrogen and oxygen atoms in total. The lowest BCUT2D eigenvalue weighted by Crippen LogP contribution is -2.26. The van der Waals surface area contributed by atoms with Crippen molar-refractivity contribution in [1.82, 2.24) is 4.98 Å². The maximum atomic E-state index is 11.8.